The lowest BCUT2D eigenvalue weighted by molar-refractivity contribution is 1.08. The number of nitrogens with one attached hydrogen (secondary N) is 1. The van der Waals surface area contributed by atoms with E-state index in [1.165, 1.54) is 0 Å². The van der Waals surface area contributed by atoms with Crippen LogP contribution in [0.3, 0.4) is 0 Å². The second-order valence-corrected chi connectivity index (χ2v) is 7.80. The largest absolute Gasteiger partial charge is 0.276 e. The van der Waals surface area contributed by atoms with Gasteiger partial charge in [-0.1, -0.05) is 67.8 Å². The van der Waals surface area contributed by atoms with Crippen LogP contribution in [0.4, 0.5) is 0 Å². The number of aromatic amines is 1. The fraction of sp³-hybridized carbons (Fsp3) is 0.100. The summed E-state index contributed by atoms with van der Waals surface area (Å²) in [6.45, 7) is 13.8. The molecule has 0 bridgehead atoms. The first-order valence-electron chi connectivity index (χ1n) is 11.0. The quantitative estimate of drug-likeness (QED) is 0.375. The Balaban J connectivity index is 1.97. The molecule has 34 heavy (non-hydrogen) atoms. The first-order chi connectivity index (χ1) is 16.5. The van der Waals surface area contributed by atoms with E-state index in [0.717, 1.165) is 50.5 Å². The highest BCUT2D eigenvalue weighted by atomic mass is 15.1. The van der Waals surface area contributed by atoms with Gasteiger partial charge in [-0.15, -0.1) is 0 Å². The summed E-state index contributed by atoms with van der Waals surface area (Å²) >= 11 is 0. The van der Waals surface area contributed by atoms with Crippen LogP contribution in [-0.2, 0) is 0 Å². The van der Waals surface area contributed by atoms with E-state index < -0.39 is 0 Å². The molecule has 0 unspecified atom stereocenters. The van der Waals surface area contributed by atoms with E-state index in [2.05, 4.69) is 46.6 Å². The van der Waals surface area contributed by atoms with Crippen LogP contribution in [0.15, 0.2) is 126 Å². The Morgan fingerprint density at radius 3 is 2.71 bits per heavy atom. The van der Waals surface area contributed by atoms with Crippen molar-refractivity contribution in [3.8, 4) is 17.5 Å². The van der Waals surface area contributed by atoms with E-state index in [1.54, 1.807) is 13.0 Å². The highest BCUT2D eigenvalue weighted by Crippen LogP contribution is 2.29. The highest BCUT2D eigenvalue weighted by Gasteiger charge is 2.13. The van der Waals surface area contributed by atoms with Crippen molar-refractivity contribution < 1.29 is 0 Å². The summed E-state index contributed by atoms with van der Waals surface area (Å²) in [5.41, 5.74) is 9.05. The summed E-state index contributed by atoms with van der Waals surface area (Å²) in [6.07, 6.45) is 21.5. The third-order valence-corrected chi connectivity index (χ3v) is 5.28. The third kappa shape index (κ3) is 5.85. The smallest absolute Gasteiger partial charge is 0.0944 e. The van der Waals surface area contributed by atoms with E-state index in [-0.39, 0.29) is 0 Å². The fourth-order valence-corrected chi connectivity index (χ4v) is 3.53. The number of nitriles is 1. The zero-order valence-electron chi connectivity index (χ0n) is 19.8. The molecule has 2 aromatic rings. The van der Waals surface area contributed by atoms with Gasteiger partial charge in [0.2, 0.25) is 0 Å². The van der Waals surface area contributed by atoms with Gasteiger partial charge in [0, 0.05) is 16.8 Å². The molecule has 0 amide bonds. The predicted octanol–water partition coefficient (Wildman–Crippen LogP) is 7.30. The Hall–Kier alpha value is -4.49. The second kappa shape index (κ2) is 11.4. The zero-order chi connectivity index (χ0) is 24.5. The zero-order valence-corrected chi connectivity index (χ0v) is 19.8. The maximum absolute atomic E-state index is 9.19. The van der Waals surface area contributed by atoms with Crippen molar-refractivity contribution in [1.29, 1.82) is 5.26 Å². The molecule has 0 fully saturated rings. The minimum atomic E-state index is 0.629. The molecule has 0 aliphatic heterocycles. The monoisotopic (exact) mass is 444 g/mol. The molecule has 0 saturated carbocycles. The van der Waals surface area contributed by atoms with Crippen molar-refractivity contribution in [2.75, 3.05) is 0 Å². The van der Waals surface area contributed by atoms with Gasteiger partial charge < -0.3 is 0 Å². The molecule has 0 aromatic carbocycles. The number of rotatable bonds is 6. The number of aryl methyl sites for hydroxylation is 1. The molecule has 4 heteroatoms. The van der Waals surface area contributed by atoms with E-state index in [9.17, 15) is 5.26 Å². The molecule has 168 valence electrons. The van der Waals surface area contributed by atoms with E-state index in [4.69, 9.17) is 0 Å². The Kier molecular flexibility index (Phi) is 8.10. The summed E-state index contributed by atoms with van der Waals surface area (Å²) < 4.78 is 0. The van der Waals surface area contributed by atoms with Crippen LogP contribution in [0.25, 0.3) is 17.0 Å². The molecule has 1 aliphatic rings. The van der Waals surface area contributed by atoms with Gasteiger partial charge in [0.25, 0.3) is 0 Å². The van der Waals surface area contributed by atoms with Crippen molar-refractivity contribution in [2.45, 2.75) is 20.8 Å². The van der Waals surface area contributed by atoms with Gasteiger partial charge in [-0.3, -0.25) is 10.1 Å². The lowest BCUT2D eigenvalue weighted by Crippen LogP contribution is -1.92. The number of hydrogen-bond donors (Lipinski definition) is 1. The van der Waals surface area contributed by atoms with Crippen LogP contribution in [0.2, 0.25) is 0 Å². The van der Waals surface area contributed by atoms with Crippen molar-refractivity contribution >= 4 is 5.57 Å². The maximum Gasteiger partial charge on any atom is 0.0944 e. The number of aromatic nitrogens is 3. The minimum Gasteiger partial charge on any atom is -0.276 e. The molecule has 2 heterocycles. The van der Waals surface area contributed by atoms with Crippen LogP contribution in [-0.4, -0.2) is 15.2 Å². The predicted molar refractivity (Wildman–Crippen MR) is 141 cm³/mol. The van der Waals surface area contributed by atoms with E-state index in [0.29, 0.717) is 5.57 Å². The van der Waals surface area contributed by atoms with Crippen molar-refractivity contribution in [3.63, 3.8) is 0 Å². The van der Waals surface area contributed by atoms with Crippen LogP contribution in [0, 0.1) is 18.3 Å². The third-order valence-electron chi connectivity index (χ3n) is 5.28. The Bertz CT molecular complexity index is 1360. The standard InChI is InChI=1S/C30H28N4/c1-6-10-27(17-21(3)19-31)24(7-2)18-26-13-9-12-25(16-15-22(26)4)28-20-32-34-30(28)29-14-8-11-23(5)33-29/h6-18,20H,1,4H2,2-3,5H3,(H,32,34)/b13-9+,16-15-,21-17+,24-7+,25-12-,26-18-,27-10+. The molecule has 3 rings (SSSR count). The number of hydrogen-bond acceptors (Lipinski definition) is 3. The topological polar surface area (TPSA) is 65.4 Å². The summed E-state index contributed by atoms with van der Waals surface area (Å²) in [5.74, 6) is 0. The first-order valence-corrected chi connectivity index (χ1v) is 11.0. The molecular weight excluding hydrogens is 416 g/mol. The molecular formula is C30H28N4. The van der Waals surface area contributed by atoms with Crippen LogP contribution >= 0.6 is 0 Å². The Labute approximate surface area is 201 Å². The molecule has 0 radical (unpaired) electrons. The molecule has 0 atom stereocenters. The molecule has 2 aromatic heterocycles. The molecule has 0 spiro atoms. The SMILES string of the molecule is C=C/C=C(\C=C(/C)C#N)C(/C=C1/C=C/C=C(c2cn[nH]c2-c2cccc(C)n2)/C=C\C1=C)=C/C. The molecule has 1 aliphatic carbocycles. The number of H-pyrrole nitrogens is 1. The van der Waals surface area contributed by atoms with Crippen LogP contribution in [0.1, 0.15) is 25.1 Å². The number of pyridine rings is 1. The summed E-state index contributed by atoms with van der Waals surface area (Å²) in [6, 6.07) is 8.12. The van der Waals surface area contributed by atoms with E-state index in [1.807, 2.05) is 80.8 Å². The van der Waals surface area contributed by atoms with Gasteiger partial charge in [-0.25, -0.2) is 0 Å². The number of allylic oxidation sites excluding steroid dienone is 16. The molecule has 0 saturated heterocycles. The first kappa shape index (κ1) is 24.2. The Morgan fingerprint density at radius 2 is 2.00 bits per heavy atom. The lowest BCUT2D eigenvalue weighted by Gasteiger charge is -2.10. The average molecular weight is 445 g/mol. The van der Waals surface area contributed by atoms with Crippen LogP contribution in [0.5, 0.6) is 0 Å². The minimum absolute atomic E-state index is 0.629. The fourth-order valence-electron chi connectivity index (χ4n) is 3.53. The number of nitrogens with zero attached hydrogens (tertiary/aromatic N) is 3. The molecule has 1 N–H and O–H groups in total. The summed E-state index contributed by atoms with van der Waals surface area (Å²) in [5, 5.41) is 16.5. The van der Waals surface area contributed by atoms with Gasteiger partial charge in [0.1, 0.15) is 0 Å². The van der Waals surface area contributed by atoms with Crippen LogP contribution < -0.4 is 0 Å². The Morgan fingerprint density at radius 1 is 1.18 bits per heavy atom. The average Bonchev–Trinajstić information content (AvgIpc) is 3.31. The van der Waals surface area contributed by atoms with Crippen molar-refractivity contribution in [3.05, 3.63) is 137 Å². The van der Waals surface area contributed by atoms with Gasteiger partial charge >= 0.3 is 0 Å². The second-order valence-electron chi connectivity index (χ2n) is 7.80. The highest BCUT2D eigenvalue weighted by molar-refractivity contribution is 5.84. The van der Waals surface area contributed by atoms with Crippen molar-refractivity contribution in [1.82, 2.24) is 15.2 Å². The normalized spacial score (nSPS) is 19.6. The van der Waals surface area contributed by atoms with Crippen molar-refractivity contribution in [2.24, 2.45) is 0 Å². The lowest BCUT2D eigenvalue weighted by atomic mass is 9.94. The van der Waals surface area contributed by atoms with Gasteiger partial charge in [-0.2, -0.15) is 10.4 Å². The van der Waals surface area contributed by atoms with Gasteiger partial charge in [0.05, 0.1) is 23.7 Å². The van der Waals surface area contributed by atoms with E-state index >= 15 is 0 Å². The van der Waals surface area contributed by atoms with Gasteiger partial charge in [-0.05, 0) is 72.9 Å². The maximum atomic E-state index is 9.19. The van der Waals surface area contributed by atoms with Gasteiger partial charge in [0.15, 0.2) is 0 Å². The summed E-state index contributed by atoms with van der Waals surface area (Å²) in [7, 11) is 0. The molecule has 4 nitrogen and oxygen atoms in total. The summed E-state index contributed by atoms with van der Waals surface area (Å²) in [4.78, 5) is 4.63.